The first-order valence-corrected chi connectivity index (χ1v) is 8.61. The summed E-state index contributed by atoms with van der Waals surface area (Å²) >= 11 is 0. The molecule has 0 saturated heterocycles. The monoisotopic (exact) mass is 367 g/mol. The molecule has 0 aliphatic heterocycles. The van der Waals surface area contributed by atoms with Crippen LogP contribution >= 0.6 is 0 Å². The Bertz CT molecular complexity index is 791. The van der Waals surface area contributed by atoms with Crippen molar-refractivity contribution in [1.82, 2.24) is 0 Å². The average molecular weight is 367 g/mol. The Morgan fingerprint density at radius 2 is 2.04 bits per heavy atom. The van der Waals surface area contributed by atoms with Crippen molar-refractivity contribution >= 4 is 9.84 Å². The molecule has 1 aromatic rings. The average Bonchev–Trinajstić information content (AvgIpc) is 2.67. The van der Waals surface area contributed by atoms with E-state index in [-0.39, 0.29) is 0 Å². The number of sulfone groups is 1. The van der Waals surface area contributed by atoms with Crippen molar-refractivity contribution in [3.8, 4) is 11.8 Å². The van der Waals surface area contributed by atoms with Crippen LogP contribution in [0.4, 0.5) is 17.6 Å². The highest BCUT2D eigenvalue weighted by Crippen LogP contribution is 2.56. The highest BCUT2D eigenvalue weighted by molar-refractivity contribution is 7.90. The van der Waals surface area contributed by atoms with Crippen LogP contribution < -0.4 is 4.74 Å². The van der Waals surface area contributed by atoms with Gasteiger partial charge in [0, 0.05) is 17.4 Å². The molecule has 0 saturated carbocycles. The van der Waals surface area contributed by atoms with E-state index in [9.17, 15) is 31.1 Å². The zero-order chi connectivity index (χ0) is 18.3. The number of benzene rings is 1. The normalized spacial score (nSPS) is 23.4. The summed E-state index contributed by atoms with van der Waals surface area (Å²) in [7, 11) is -4.04. The number of alkyl halides is 4. The number of fused-ring (bicyclic) bond motifs is 1. The lowest BCUT2D eigenvalue weighted by molar-refractivity contribution is -0.144. The molecule has 0 bridgehead atoms. The molecular weight excluding hydrogens is 354 g/mol. The number of hydrogen-bond acceptors (Lipinski definition) is 5. The van der Waals surface area contributed by atoms with Gasteiger partial charge >= 0.3 is 5.92 Å². The first-order chi connectivity index (χ1) is 11.1. The minimum atomic E-state index is -4.26. The Kier molecular flexibility index (Phi) is 4.79. The van der Waals surface area contributed by atoms with Crippen LogP contribution in [0.3, 0.4) is 0 Å². The molecule has 0 unspecified atom stereocenters. The molecule has 0 heterocycles. The Morgan fingerprint density at radius 3 is 2.54 bits per heavy atom. The lowest BCUT2D eigenvalue weighted by atomic mass is 10.1. The Labute approximate surface area is 135 Å². The molecule has 1 N–H and O–H groups in total. The van der Waals surface area contributed by atoms with E-state index in [0.29, 0.717) is 0 Å². The smallest absolute Gasteiger partial charge is 0.312 e. The summed E-state index contributed by atoms with van der Waals surface area (Å²) in [5.74, 6) is -4.79. The van der Waals surface area contributed by atoms with Gasteiger partial charge in [-0.3, -0.25) is 0 Å². The molecule has 1 aliphatic rings. The van der Waals surface area contributed by atoms with Gasteiger partial charge in [0.15, 0.2) is 16.0 Å². The fourth-order valence-corrected chi connectivity index (χ4v) is 3.43. The van der Waals surface area contributed by atoms with Crippen LogP contribution in [0.1, 0.15) is 29.8 Å². The van der Waals surface area contributed by atoms with Crippen LogP contribution in [0.2, 0.25) is 0 Å². The third-order valence-electron chi connectivity index (χ3n) is 3.62. The molecule has 0 radical (unpaired) electrons. The van der Waals surface area contributed by atoms with Gasteiger partial charge in [-0.2, -0.15) is 14.0 Å². The first kappa shape index (κ1) is 18.5. The third-order valence-corrected chi connectivity index (χ3v) is 4.78. The maximum absolute atomic E-state index is 14.2. The molecule has 0 fully saturated rings. The molecule has 3 atom stereocenters. The SMILES string of the molecule is CS(=O)(=O)c1ccc(O[C@H](CF)CC#N)c2c1[C@H](O)C(F)(F)[C@@H]2F. The van der Waals surface area contributed by atoms with Crippen molar-refractivity contribution in [2.24, 2.45) is 0 Å². The van der Waals surface area contributed by atoms with Gasteiger partial charge in [0.25, 0.3) is 0 Å². The van der Waals surface area contributed by atoms with E-state index in [4.69, 9.17) is 10.00 Å². The standard InChI is InChI=1S/C14H13F4NO4S/c1-24(21,22)9-3-2-8(23-7(6-15)4-5-19)10-11(9)13(20)14(17,18)12(10)16/h2-3,7,12-13,20H,4,6H2,1H3/t7-,12+,13-/m0/s1. The number of ether oxygens (including phenoxy) is 1. The Morgan fingerprint density at radius 1 is 1.42 bits per heavy atom. The van der Waals surface area contributed by atoms with Gasteiger partial charge in [-0.05, 0) is 12.1 Å². The van der Waals surface area contributed by atoms with Crippen molar-refractivity contribution in [3.05, 3.63) is 23.3 Å². The largest absolute Gasteiger partial charge is 0.486 e. The van der Waals surface area contributed by atoms with E-state index >= 15 is 0 Å². The molecule has 2 rings (SSSR count). The number of rotatable bonds is 5. The molecule has 0 spiro atoms. The van der Waals surface area contributed by atoms with Gasteiger partial charge in [-0.25, -0.2) is 17.2 Å². The zero-order valence-corrected chi connectivity index (χ0v) is 13.2. The van der Waals surface area contributed by atoms with Crippen molar-refractivity contribution in [1.29, 1.82) is 5.26 Å². The molecule has 24 heavy (non-hydrogen) atoms. The van der Waals surface area contributed by atoms with Gasteiger partial charge < -0.3 is 9.84 Å². The van der Waals surface area contributed by atoms with Gasteiger partial charge in [-0.15, -0.1) is 0 Å². The number of nitriles is 1. The van der Waals surface area contributed by atoms with Crippen LogP contribution in [0, 0.1) is 11.3 Å². The van der Waals surface area contributed by atoms with Crippen LogP contribution in [0.25, 0.3) is 0 Å². The van der Waals surface area contributed by atoms with E-state index in [1.54, 1.807) is 6.07 Å². The molecule has 1 aromatic carbocycles. The topological polar surface area (TPSA) is 87.4 Å². The molecule has 0 aromatic heterocycles. The number of nitrogens with zero attached hydrogens (tertiary/aromatic N) is 1. The van der Waals surface area contributed by atoms with E-state index in [2.05, 4.69) is 0 Å². The number of aliphatic hydroxyl groups is 1. The van der Waals surface area contributed by atoms with Crippen LogP contribution in [-0.2, 0) is 9.84 Å². The predicted octanol–water partition coefficient (Wildman–Crippen LogP) is 2.41. The molecule has 132 valence electrons. The lowest BCUT2D eigenvalue weighted by Crippen LogP contribution is -2.25. The van der Waals surface area contributed by atoms with E-state index in [1.165, 1.54) is 0 Å². The van der Waals surface area contributed by atoms with Crippen molar-refractivity contribution in [2.45, 2.75) is 35.6 Å². The van der Waals surface area contributed by atoms with Crippen LogP contribution in [-0.4, -0.2) is 38.5 Å². The molecule has 10 heteroatoms. The predicted molar refractivity (Wildman–Crippen MR) is 73.9 cm³/mol. The number of halogens is 4. The second-order valence-electron chi connectivity index (χ2n) is 5.36. The fraction of sp³-hybridized carbons (Fsp3) is 0.500. The van der Waals surface area contributed by atoms with Crippen molar-refractivity contribution in [2.75, 3.05) is 12.9 Å². The van der Waals surface area contributed by atoms with E-state index in [0.717, 1.165) is 18.4 Å². The van der Waals surface area contributed by atoms with Crippen molar-refractivity contribution < 1.29 is 35.8 Å². The van der Waals surface area contributed by atoms with Gasteiger partial charge in [-0.1, -0.05) is 0 Å². The summed E-state index contributed by atoms with van der Waals surface area (Å²) < 4.78 is 83.2. The summed E-state index contributed by atoms with van der Waals surface area (Å²) in [4.78, 5) is -0.658. The summed E-state index contributed by atoms with van der Waals surface area (Å²) in [6.07, 6.45) is -6.74. The third kappa shape index (κ3) is 2.93. The lowest BCUT2D eigenvalue weighted by Gasteiger charge is -2.18. The zero-order valence-electron chi connectivity index (χ0n) is 12.3. The van der Waals surface area contributed by atoms with Gasteiger partial charge in [0.1, 0.15) is 24.6 Å². The maximum Gasteiger partial charge on any atom is 0.312 e. The minimum Gasteiger partial charge on any atom is -0.486 e. The van der Waals surface area contributed by atoms with Crippen LogP contribution in [0.5, 0.6) is 5.75 Å². The second-order valence-corrected chi connectivity index (χ2v) is 7.34. The van der Waals surface area contributed by atoms with E-state index in [1.807, 2.05) is 0 Å². The Balaban J connectivity index is 2.65. The number of hydrogen-bond donors (Lipinski definition) is 1. The molecule has 5 nitrogen and oxygen atoms in total. The second kappa shape index (κ2) is 6.22. The maximum atomic E-state index is 14.2. The molecule has 0 amide bonds. The highest BCUT2D eigenvalue weighted by atomic mass is 32.2. The summed E-state index contributed by atoms with van der Waals surface area (Å²) in [5, 5.41) is 18.3. The molecule has 1 aliphatic carbocycles. The van der Waals surface area contributed by atoms with Gasteiger partial charge in [0.05, 0.1) is 17.4 Å². The quantitative estimate of drug-likeness (QED) is 0.808. The van der Waals surface area contributed by atoms with Crippen LogP contribution in [0.15, 0.2) is 17.0 Å². The summed E-state index contributed by atoms with van der Waals surface area (Å²) in [6.45, 7) is -1.13. The van der Waals surface area contributed by atoms with E-state index < -0.39 is 69.0 Å². The minimum absolute atomic E-state index is 0.422. The first-order valence-electron chi connectivity index (χ1n) is 6.72. The van der Waals surface area contributed by atoms with Gasteiger partial charge in [0.2, 0.25) is 0 Å². The summed E-state index contributed by atoms with van der Waals surface area (Å²) in [6, 6.07) is 3.42. The molecular formula is C14H13F4NO4S. The fourth-order valence-electron chi connectivity index (χ4n) is 2.50. The summed E-state index contributed by atoms with van der Waals surface area (Å²) in [5.41, 5.74) is -1.64. The highest BCUT2D eigenvalue weighted by Gasteiger charge is 2.59. The van der Waals surface area contributed by atoms with Crippen molar-refractivity contribution in [3.63, 3.8) is 0 Å². The number of aliphatic hydroxyl groups excluding tert-OH is 1. The Hall–Kier alpha value is -1.86.